The average molecular weight is 261 g/mol. The Bertz CT molecular complexity index is 361. The zero-order valence-corrected chi connectivity index (χ0v) is 9.11. The van der Waals surface area contributed by atoms with Crippen LogP contribution in [-0.4, -0.2) is 51.7 Å². The fraction of sp³-hybridized carbons (Fsp3) is 0.800. The van der Waals surface area contributed by atoms with Crippen molar-refractivity contribution in [1.29, 1.82) is 0 Å². The molecule has 0 saturated heterocycles. The van der Waals surface area contributed by atoms with E-state index in [1.165, 1.54) is 0 Å². The van der Waals surface area contributed by atoms with Crippen LogP contribution in [-0.2, 0) is 19.5 Å². The molecule has 0 amide bonds. The molecular weight excluding hydrogens is 251 g/mol. The summed E-state index contributed by atoms with van der Waals surface area (Å²) in [6.07, 6.45) is -2.25. The average Bonchev–Trinajstić information content (AvgIpc) is 2.11. The summed E-state index contributed by atoms with van der Waals surface area (Å²) >= 11 is 0. The van der Waals surface area contributed by atoms with Crippen LogP contribution in [0.5, 0.6) is 0 Å². The fourth-order valence-corrected chi connectivity index (χ4v) is 2.14. The Morgan fingerprint density at radius 2 is 1.87 bits per heavy atom. The van der Waals surface area contributed by atoms with E-state index in [4.69, 9.17) is 19.9 Å². The highest BCUT2D eigenvalue weighted by Crippen LogP contribution is 2.26. The molecule has 0 fully saturated rings. The van der Waals surface area contributed by atoms with Gasteiger partial charge in [0.1, 0.15) is 0 Å². The summed E-state index contributed by atoms with van der Waals surface area (Å²) in [4.78, 5) is 7.04. The van der Waals surface area contributed by atoms with Crippen LogP contribution in [0.3, 0.4) is 0 Å². The van der Waals surface area contributed by atoms with E-state index in [0.717, 1.165) is 0 Å². The van der Waals surface area contributed by atoms with Gasteiger partial charge >= 0.3 is 23.9 Å². The van der Waals surface area contributed by atoms with Crippen molar-refractivity contribution in [2.45, 2.75) is 11.4 Å². The van der Waals surface area contributed by atoms with Crippen LogP contribution < -0.4 is 0 Å². The lowest BCUT2D eigenvalue weighted by Crippen LogP contribution is -2.46. The predicted octanol–water partition coefficient (Wildman–Crippen LogP) is -1.19. The largest absolute Gasteiger partial charge is 0.478 e. The van der Waals surface area contributed by atoms with Crippen molar-refractivity contribution in [3.05, 3.63) is 0 Å². The summed E-state index contributed by atoms with van der Waals surface area (Å²) in [6.45, 7) is 0. The van der Waals surface area contributed by atoms with Gasteiger partial charge in [0.2, 0.25) is 6.35 Å². The lowest BCUT2D eigenvalue weighted by molar-refractivity contribution is -0.150. The van der Waals surface area contributed by atoms with Crippen molar-refractivity contribution in [2.24, 2.45) is 0 Å². The molecule has 0 aliphatic heterocycles. The van der Waals surface area contributed by atoms with E-state index in [2.05, 4.69) is 0 Å². The number of hydrogen-bond acceptors (Lipinski definition) is 6. The molecule has 0 aromatic heterocycles. The molecule has 8 nitrogen and oxygen atoms in total. The van der Waals surface area contributed by atoms with E-state index in [9.17, 15) is 17.8 Å². The molecule has 10 heteroatoms. The highest BCUT2D eigenvalue weighted by Gasteiger charge is 2.50. The van der Waals surface area contributed by atoms with E-state index < -0.39 is 47.8 Å². The van der Waals surface area contributed by atoms with Gasteiger partial charge in [0, 0.05) is 6.42 Å². The lowest BCUT2D eigenvalue weighted by Gasteiger charge is -2.17. The maximum Gasteiger partial charge on any atom is 0.366 e. The molecule has 2 unspecified atom stereocenters. The summed E-state index contributed by atoms with van der Waals surface area (Å²) in [5.41, 5.74) is 0. The van der Waals surface area contributed by atoms with Gasteiger partial charge in [-0.2, -0.15) is 8.42 Å². The number of carbonyl (C=O) groups is 1. The van der Waals surface area contributed by atoms with Gasteiger partial charge in [-0.1, -0.05) is 4.57 Å². The van der Waals surface area contributed by atoms with E-state index in [-0.39, 0.29) is 0 Å². The van der Waals surface area contributed by atoms with Crippen LogP contribution in [0.25, 0.3) is 0 Å². The van der Waals surface area contributed by atoms with Crippen LogP contribution in [0, 0.1) is 0 Å². The Labute approximate surface area is 86.1 Å². The predicted molar refractivity (Wildman–Crippen MR) is 48.3 cm³/mol. The molecule has 0 radical (unpaired) electrons. The molecule has 15 heavy (non-hydrogen) atoms. The first-order chi connectivity index (χ1) is 6.65. The maximum absolute atomic E-state index is 10.7. The van der Waals surface area contributed by atoms with E-state index in [1.54, 1.807) is 0 Å². The third-order valence-electron chi connectivity index (χ3n) is 1.62. The van der Waals surface area contributed by atoms with Gasteiger partial charge in [-0.25, -0.2) is 4.79 Å². The first-order valence-corrected chi connectivity index (χ1v) is 6.68. The smallest absolute Gasteiger partial charge is 0.366 e. The lowest BCUT2D eigenvalue weighted by atomic mass is 10.3. The van der Waals surface area contributed by atoms with Gasteiger partial charge < -0.3 is 15.3 Å². The quantitative estimate of drug-likeness (QED) is 0.344. The van der Waals surface area contributed by atoms with Gasteiger partial charge in [0.05, 0.1) is 0 Å². The van der Waals surface area contributed by atoms with Crippen LogP contribution >= 0.6 is 7.80 Å². The summed E-state index contributed by atoms with van der Waals surface area (Å²) in [6, 6.07) is 0. The van der Waals surface area contributed by atoms with Crippen LogP contribution in [0.15, 0.2) is 0 Å². The standard InChI is InChI=1S/C5H9O8PS/c6-3-14(10)2-1-5(9,4(7)8)15(11,12)13/h6,9H,1-3H2,(H-,7,8,11,12,13)/p+1. The van der Waals surface area contributed by atoms with Crippen molar-refractivity contribution in [1.82, 2.24) is 0 Å². The Balaban J connectivity index is 4.86. The Morgan fingerprint density at radius 3 is 2.13 bits per heavy atom. The molecule has 0 aromatic rings. The van der Waals surface area contributed by atoms with Gasteiger partial charge in [-0.3, -0.25) is 4.55 Å². The summed E-state index contributed by atoms with van der Waals surface area (Å²) in [5.74, 6) is -2.16. The molecule has 0 aromatic carbocycles. The zero-order chi connectivity index (χ0) is 12.3. The Morgan fingerprint density at radius 1 is 1.40 bits per heavy atom. The fourth-order valence-electron chi connectivity index (χ4n) is 0.693. The minimum atomic E-state index is -5.22. The van der Waals surface area contributed by atoms with E-state index >= 15 is 0 Å². The molecule has 0 aliphatic rings. The molecule has 0 rings (SSSR count). The molecular formula is C5H10O8PS+. The third-order valence-corrected chi connectivity index (χ3v) is 3.89. The highest BCUT2D eigenvalue weighted by molar-refractivity contribution is 7.87. The van der Waals surface area contributed by atoms with Crippen molar-refractivity contribution in [3.63, 3.8) is 0 Å². The van der Waals surface area contributed by atoms with Gasteiger partial charge in [0.15, 0.2) is 6.16 Å². The number of carboxylic acid groups (broad SMARTS) is 1. The van der Waals surface area contributed by atoms with Crippen LogP contribution in [0.4, 0.5) is 0 Å². The molecule has 0 heterocycles. The topological polar surface area (TPSA) is 149 Å². The molecule has 2 atom stereocenters. The number of rotatable bonds is 6. The minimum absolute atomic E-state index is 0.533. The maximum atomic E-state index is 10.7. The number of aliphatic hydroxyl groups is 2. The highest BCUT2D eigenvalue weighted by atomic mass is 32.2. The van der Waals surface area contributed by atoms with Crippen molar-refractivity contribution < 1.29 is 37.6 Å². The van der Waals surface area contributed by atoms with Crippen LogP contribution in [0.1, 0.15) is 6.42 Å². The SMILES string of the molecule is O=C(O)C(O)(CC[P+](=O)CO)S(=O)(=O)O. The summed E-state index contributed by atoms with van der Waals surface area (Å²) in [7, 11) is -7.43. The van der Waals surface area contributed by atoms with Crippen LogP contribution in [0.2, 0.25) is 0 Å². The van der Waals surface area contributed by atoms with Gasteiger partial charge in [0.25, 0.3) is 4.93 Å². The second-order valence-corrected chi connectivity index (χ2v) is 5.98. The number of aliphatic carboxylic acids is 1. The first-order valence-electron chi connectivity index (χ1n) is 3.61. The molecule has 4 N–H and O–H groups in total. The number of hydrogen-bond donors (Lipinski definition) is 4. The second-order valence-electron chi connectivity index (χ2n) is 2.66. The van der Waals surface area contributed by atoms with Gasteiger partial charge in [-0.05, 0) is 0 Å². The zero-order valence-electron chi connectivity index (χ0n) is 7.40. The Hall–Kier alpha value is -0.600. The minimum Gasteiger partial charge on any atom is -0.478 e. The Kier molecular flexibility index (Phi) is 4.75. The molecule has 0 aliphatic carbocycles. The van der Waals surface area contributed by atoms with Crippen molar-refractivity contribution in [2.75, 3.05) is 12.5 Å². The molecule has 0 saturated carbocycles. The monoisotopic (exact) mass is 261 g/mol. The van der Waals surface area contributed by atoms with Crippen molar-refractivity contribution in [3.8, 4) is 0 Å². The molecule has 88 valence electrons. The summed E-state index contributed by atoms with van der Waals surface area (Å²) < 4.78 is 40.3. The number of carboxylic acids is 1. The second kappa shape index (κ2) is 4.95. The summed E-state index contributed by atoms with van der Waals surface area (Å²) in [5, 5.41) is 25.9. The van der Waals surface area contributed by atoms with Gasteiger partial charge in [-0.15, -0.1) is 0 Å². The number of aliphatic hydroxyl groups excluding tert-OH is 1. The van der Waals surface area contributed by atoms with Crippen molar-refractivity contribution >= 4 is 23.9 Å². The molecule has 0 bridgehead atoms. The third kappa shape index (κ3) is 3.47. The first kappa shape index (κ1) is 14.4. The normalized spacial score (nSPS) is 16.9. The molecule has 0 spiro atoms. The van der Waals surface area contributed by atoms with E-state index in [0.29, 0.717) is 0 Å². The van der Waals surface area contributed by atoms with E-state index in [1.807, 2.05) is 0 Å².